The van der Waals surface area contributed by atoms with E-state index in [-0.39, 0.29) is 6.04 Å². The van der Waals surface area contributed by atoms with Gasteiger partial charge in [-0.15, -0.1) is 0 Å². The average molecular weight is 300 g/mol. The summed E-state index contributed by atoms with van der Waals surface area (Å²) in [6.45, 7) is 6.19. The second-order valence-electron chi connectivity index (χ2n) is 5.99. The highest BCUT2D eigenvalue weighted by Crippen LogP contribution is 2.23. The molecule has 1 atom stereocenters. The van der Waals surface area contributed by atoms with E-state index in [0.29, 0.717) is 11.7 Å². The number of hydrogen-bond acceptors (Lipinski definition) is 5. The SMILES string of the molecule is Cc1noc(C(C)Nc2ccc(N3CCCCCC3)cc2)n1. The van der Waals surface area contributed by atoms with Crippen LogP contribution in [0, 0.1) is 6.92 Å². The molecule has 0 aliphatic carbocycles. The molecule has 22 heavy (non-hydrogen) atoms. The first-order chi connectivity index (χ1) is 10.7. The molecule has 1 aliphatic heterocycles. The molecule has 0 saturated carbocycles. The van der Waals surface area contributed by atoms with E-state index in [4.69, 9.17) is 4.52 Å². The lowest BCUT2D eigenvalue weighted by molar-refractivity contribution is 0.364. The van der Waals surface area contributed by atoms with E-state index >= 15 is 0 Å². The van der Waals surface area contributed by atoms with Gasteiger partial charge >= 0.3 is 0 Å². The van der Waals surface area contributed by atoms with Crippen LogP contribution in [0.25, 0.3) is 0 Å². The number of nitrogens with one attached hydrogen (secondary N) is 1. The summed E-state index contributed by atoms with van der Waals surface area (Å²) in [5, 5.41) is 7.23. The van der Waals surface area contributed by atoms with E-state index in [1.807, 2.05) is 13.8 Å². The Morgan fingerprint density at radius 3 is 2.36 bits per heavy atom. The van der Waals surface area contributed by atoms with Gasteiger partial charge in [-0.1, -0.05) is 18.0 Å². The molecule has 0 amide bonds. The molecule has 2 heterocycles. The van der Waals surface area contributed by atoms with Gasteiger partial charge in [0.2, 0.25) is 5.89 Å². The monoisotopic (exact) mass is 300 g/mol. The molecule has 3 rings (SSSR count). The largest absolute Gasteiger partial charge is 0.374 e. The summed E-state index contributed by atoms with van der Waals surface area (Å²) in [5.41, 5.74) is 2.38. The van der Waals surface area contributed by atoms with Gasteiger partial charge in [-0.25, -0.2) is 0 Å². The molecule has 5 heteroatoms. The smallest absolute Gasteiger partial charge is 0.248 e. The van der Waals surface area contributed by atoms with Crippen molar-refractivity contribution in [2.45, 2.75) is 45.6 Å². The van der Waals surface area contributed by atoms with Crippen LogP contribution in [0.2, 0.25) is 0 Å². The van der Waals surface area contributed by atoms with Crippen molar-refractivity contribution in [2.75, 3.05) is 23.3 Å². The number of anilines is 2. The normalized spacial score (nSPS) is 17.1. The first kappa shape index (κ1) is 14.9. The molecule has 0 spiro atoms. The summed E-state index contributed by atoms with van der Waals surface area (Å²) >= 11 is 0. The Balaban J connectivity index is 1.63. The molecule has 1 unspecified atom stereocenters. The summed E-state index contributed by atoms with van der Waals surface area (Å²) < 4.78 is 5.20. The first-order valence-electron chi connectivity index (χ1n) is 8.14. The summed E-state index contributed by atoms with van der Waals surface area (Å²) in [7, 11) is 0. The zero-order valence-electron chi connectivity index (χ0n) is 13.4. The molecule has 1 aromatic heterocycles. The summed E-state index contributed by atoms with van der Waals surface area (Å²) in [6.07, 6.45) is 5.32. The Labute approximate surface area is 131 Å². The Morgan fingerprint density at radius 2 is 1.77 bits per heavy atom. The highest BCUT2D eigenvalue weighted by atomic mass is 16.5. The van der Waals surface area contributed by atoms with Crippen LogP contribution < -0.4 is 10.2 Å². The Morgan fingerprint density at radius 1 is 1.09 bits per heavy atom. The lowest BCUT2D eigenvalue weighted by Crippen LogP contribution is -2.23. The van der Waals surface area contributed by atoms with Crippen molar-refractivity contribution in [1.82, 2.24) is 10.1 Å². The van der Waals surface area contributed by atoms with Gasteiger partial charge in [-0.3, -0.25) is 0 Å². The van der Waals surface area contributed by atoms with Crippen molar-refractivity contribution in [3.63, 3.8) is 0 Å². The molecular weight excluding hydrogens is 276 g/mol. The van der Waals surface area contributed by atoms with Crippen LogP contribution in [0.3, 0.4) is 0 Å². The molecular formula is C17H24N4O. The summed E-state index contributed by atoms with van der Waals surface area (Å²) in [5.74, 6) is 1.29. The third-order valence-corrected chi connectivity index (χ3v) is 4.14. The molecule has 0 bridgehead atoms. The van der Waals surface area contributed by atoms with Gasteiger partial charge in [-0.05, 0) is 51.0 Å². The molecule has 1 fully saturated rings. The molecule has 2 aromatic rings. The molecule has 118 valence electrons. The Hall–Kier alpha value is -2.04. The topological polar surface area (TPSA) is 54.2 Å². The number of rotatable bonds is 4. The van der Waals surface area contributed by atoms with Gasteiger partial charge < -0.3 is 14.7 Å². The second-order valence-corrected chi connectivity index (χ2v) is 5.99. The third-order valence-electron chi connectivity index (χ3n) is 4.14. The fourth-order valence-corrected chi connectivity index (χ4v) is 2.90. The van der Waals surface area contributed by atoms with Gasteiger partial charge in [0, 0.05) is 24.5 Å². The van der Waals surface area contributed by atoms with Crippen LogP contribution in [-0.4, -0.2) is 23.2 Å². The maximum Gasteiger partial charge on any atom is 0.248 e. The number of nitrogens with zero attached hydrogens (tertiary/aromatic N) is 3. The van der Waals surface area contributed by atoms with Gasteiger partial charge in [0.15, 0.2) is 5.82 Å². The van der Waals surface area contributed by atoms with E-state index in [0.717, 1.165) is 5.69 Å². The van der Waals surface area contributed by atoms with Crippen LogP contribution >= 0.6 is 0 Å². The van der Waals surface area contributed by atoms with Crippen LogP contribution in [0.5, 0.6) is 0 Å². The second kappa shape index (κ2) is 6.81. The zero-order valence-corrected chi connectivity index (χ0v) is 13.4. The van der Waals surface area contributed by atoms with E-state index in [1.165, 1.54) is 44.5 Å². The maximum atomic E-state index is 5.20. The van der Waals surface area contributed by atoms with Gasteiger partial charge in [0.1, 0.15) is 6.04 Å². The van der Waals surface area contributed by atoms with Crippen molar-refractivity contribution >= 4 is 11.4 Å². The predicted octanol–water partition coefficient (Wildman–Crippen LogP) is 3.93. The Kier molecular flexibility index (Phi) is 4.61. The third kappa shape index (κ3) is 3.59. The first-order valence-corrected chi connectivity index (χ1v) is 8.14. The van der Waals surface area contributed by atoms with Crippen LogP contribution in [0.1, 0.15) is 50.4 Å². The quantitative estimate of drug-likeness (QED) is 0.927. The Bertz CT molecular complexity index is 585. The molecule has 1 aliphatic rings. The standard InChI is InChI=1S/C17H24N4O/c1-13(17-19-14(2)20-22-17)18-15-7-9-16(10-8-15)21-11-5-3-4-6-12-21/h7-10,13,18H,3-6,11-12H2,1-2H3. The maximum absolute atomic E-state index is 5.20. The number of aryl methyl sites for hydroxylation is 1. The van der Waals surface area contributed by atoms with Crippen molar-refractivity contribution in [3.8, 4) is 0 Å². The fourth-order valence-electron chi connectivity index (χ4n) is 2.90. The number of aromatic nitrogens is 2. The summed E-state index contributed by atoms with van der Waals surface area (Å²) in [6, 6.07) is 8.64. The van der Waals surface area contributed by atoms with Gasteiger partial charge in [-0.2, -0.15) is 4.98 Å². The molecule has 1 saturated heterocycles. The van der Waals surface area contributed by atoms with Crippen molar-refractivity contribution in [1.29, 1.82) is 0 Å². The highest BCUT2D eigenvalue weighted by molar-refractivity contribution is 5.55. The van der Waals surface area contributed by atoms with Crippen molar-refractivity contribution in [2.24, 2.45) is 0 Å². The van der Waals surface area contributed by atoms with E-state index in [9.17, 15) is 0 Å². The average Bonchev–Trinajstić information content (AvgIpc) is 2.80. The van der Waals surface area contributed by atoms with Crippen molar-refractivity contribution < 1.29 is 4.52 Å². The zero-order chi connectivity index (χ0) is 15.4. The van der Waals surface area contributed by atoms with Crippen LogP contribution in [0.4, 0.5) is 11.4 Å². The minimum absolute atomic E-state index is 0.00485. The van der Waals surface area contributed by atoms with E-state index in [1.54, 1.807) is 0 Å². The van der Waals surface area contributed by atoms with Crippen LogP contribution in [0.15, 0.2) is 28.8 Å². The van der Waals surface area contributed by atoms with E-state index in [2.05, 4.69) is 44.6 Å². The fraction of sp³-hybridized carbons (Fsp3) is 0.529. The lowest BCUT2D eigenvalue weighted by Gasteiger charge is -2.23. The summed E-state index contributed by atoms with van der Waals surface area (Å²) in [4.78, 5) is 6.75. The number of benzene rings is 1. The predicted molar refractivity (Wildman–Crippen MR) is 88.2 cm³/mol. The highest BCUT2D eigenvalue weighted by Gasteiger charge is 2.13. The lowest BCUT2D eigenvalue weighted by atomic mass is 10.2. The minimum Gasteiger partial charge on any atom is -0.374 e. The molecule has 0 radical (unpaired) electrons. The van der Waals surface area contributed by atoms with Crippen LogP contribution in [-0.2, 0) is 0 Å². The molecule has 5 nitrogen and oxygen atoms in total. The number of hydrogen-bond donors (Lipinski definition) is 1. The van der Waals surface area contributed by atoms with Gasteiger partial charge in [0.05, 0.1) is 0 Å². The molecule has 1 N–H and O–H groups in total. The van der Waals surface area contributed by atoms with Crippen molar-refractivity contribution in [3.05, 3.63) is 36.0 Å². The van der Waals surface area contributed by atoms with E-state index < -0.39 is 0 Å². The van der Waals surface area contributed by atoms with Gasteiger partial charge in [0.25, 0.3) is 0 Å². The molecule has 1 aromatic carbocycles. The minimum atomic E-state index is 0.00485.